The number of ketones is 1. The van der Waals surface area contributed by atoms with E-state index in [2.05, 4.69) is 6.07 Å². The number of hydrogen-bond donors (Lipinski definition) is 0. The van der Waals surface area contributed by atoms with Crippen molar-refractivity contribution < 1.29 is 4.79 Å². The number of carbonyl (C=O) groups is 1. The molecule has 1 fully saturated rings. The molecule has 13 heavy (non-hydrogen) atoms. The van der Waals surface area contributed by atoms with Gasteiger partial charge in [0.25, 0.3) is 0 Å². The van der Waals surface area contributed by atoms with Gasteiger partial charge in [-0.3, -0.25) is 4.79 Å². The maximum atomic E-state index is 11.3. The van der Waals surface area contributed by atoms with Crippen LogP contribution in [0.4, 0.5) is 0 Å². The Labute approximate surface area is 78.2 Å². The Bertz CT molecular complexity index is 300. The molecule has 2 aliphatic carbocycles. The van der Waals surface area contributed by atoms with E-state index in [4.69, 9.17) is 5.26 Å². The first-order chi connectivity index (χ1) is 6.27. The predicted molar refractivity (Wildman–Crippen MR) is 48.8 cm³/mol. The van der Waals surface area contributed by atoms with Gasteiger partial charge in [0.2, 0.25) is 0 Å². The first-order valence-corrected chi connectivity index (χ1v) is 4.86. The number of rotatable bonds is 0. The van der Waals surface area contributed by atoms with Gasteiger partial charge in [-0.1, -0.05) is 12.5 Å². The van der Waals surface area contributed by atoms with E-state index in [1.807, 2.05) is 6.08 Å². The highest BCUT2D eigenvalue weighted by Crippen LogP contribution is 2.50. The van der Waals surface area contributed by atoms with Gasteiger partial charge in [-0.2, -0.15) is 5.26 Å². The molecule has 2 atom stereocenters. The Morgan fingerprint density at radius 3 is 3.15 bits per heavy atom. The fourth-order valence-corrected chi connectivity index (χ4v) is 2.70. The van der Waals surface area contributed by atoms with E-state index < -0.39 is 0 Å². The standard InChI is InChI=1S/C11H13NO/c12-8-9-3-1-5-11(9)6-2-4-10(13)7-11/h2,4,9H,1,3,5-7H2. The molecule has 0 bridgehead atoms. The first kappa shape index (κ1) is 8.50. The minimum Gasteiger partial charge on any atom is -0.295 e. The molecule has 2 rings (SSSR count). The molecule has 1 spiro atoms. The van der Waals surface area contributed by atoms with Crippen molar-refractivity contribution in [2.45, 2.75) is 32.1 Å². The number of nitrogens with zero attached hydrogens (tertiary/aromatic N) is 1. The van der Waals surface area contributed by atoms with Crippen LogP contribution in [0, 0.1) is 22.7 Å². The zero-order valence-corrected chi connectivity index (χ0v) is 7.62. The highest BCUT2D eigenvalue weighted by molar-refractivity contribution is 5.91. The van der Waals surface area contributed by atoms with Crippen LogP contribution < -0.4 is 0 Å². The van der Waals surface area contributed by atoms with Crippen molar-refractivity contribution in [3.63, 3.8) is 0 Å². The van der Waals surface area contributed by atoms with Crippen LogP contribution in [0.25, 0.3) is 0 Å². The monoisotopic (exact) mass is 175 g/mol. The second-order valence-corrected chi connectivity index (χ2v) is 4.19. The molecule has 68 valence electrons. The van der Waals surface area contributed by atoms with Crippen LogP contribution in [0.5, 0.6) is 0 Å². The van der Waals surface area contributed by atoms with Crippen molar-refractivity contribution in [2.24, 2.45) is 11.3 Å². The molecule has 2 aliphatic rings. The van der Waals surface area contributed by atoms with Gasteiger partial charge in [-0.25, -0.2) is 0 Å². The van der Waals surface area contributed by atoms with Crippen LogP contribution in [-0.4, -0.2) is 5.78 Å². The van der Waals surface area contributed by atoms with E-state index in [0.717, 1.165) is 25.7 Å². The minimum absolute atomic E-state index is 0.0145. The Kier molecular flexibility index (Phi) is 1.95. The fraction of sp³-hybridized carbons (Fsp3) is 0.636. The molecule has 2 heteroatoms. The van der Waals surface area contributed by atoms with Gasteiger partial charge in [-0.05, 0) is 30.8 Å². The Morgan fingerprint density at radius 1 is 1.62 bits per heavy atom. The zero-order chi connectivity index (χ0) is 9.31. The summed E-state index contributed by atoms with van der Waals surface area (Å²) in [6.07, 6.45) is 8.29. The van der Waals surface area contributed by atoms with Gasteiger partial charge in [-0.15, -0.1) is 0 Å². The summed E-state index contributed by atoms with van der Waals surface area (Å²) in [4.78, 5) is 11.3. The van der Waals surface area contributed by atoms with Crippen LogP contribution in [0.3, 0.4) is 0 Å². The van der Waals surface area contributed by atoms with Crippen molar-refractivity contribution in [3.8, 4) is 6.07 Å². The molecule has 0 aromatic heterocycles. The van der Waals surface area contributed by atoms with Crippen LogP contribution in [0.2, 0.25) is 0 Å². The average Bonchev–Trinajstić information content (AvgIpc) is 2.47. The van der Waals surface area contributed by atoms with E-state index in [9.17, 15) is 4.79 Å². The summed E-state index contributed by atoms with van der Waals surface area (Å²) in [6.45, 7) is 0. The molecule has 2 unspecified atom stereocenters. The average molecular weight is 175 g/mol. The number of nitriles is 1. The van der Waals surface area contributed by atoms with Gasteiger partial charge >= 0.3 is 0 Å². The Morgan fingerprint density at radius 2 is 2.46 bits per heavy atom. The largest absolute Gasteiger partial charge is 0.295 e. The SMILES string of the molecule is N#CC1CCCC12CC=CC(=O)C2. The van der Waals surface area contributed by atoms with Crippen LogP contribution >= 0.6 is 0 Å². The van der Waals surface area contributed by atoms with Crippen molar-refractivity contribution in [1.82, 2.24) is 0 Å². The number of hydrogen-bond acceptors (Lipinski definition) is 2. The van der Waals surface area contributed by atoms with Crippen molar-refractivity contribution in [3.05, 3.63) is 12.2 Å². The van der Waals surface area contributed by atoms with E-state index in [1.54, 1.807) is 6.08 Å². The third-order valence-electron chi connectivity index (χ3n) is 3.42. The maximum Gasteiger partial charge on any atom is 0.155 e. The van der Waals surface area contributed by atoms with Crippen molar-refractivity contribution in [1.29, 1.82) is 5.26 Å². The first-order valence-electron chi connectivity index (χ1n) is 4.86. The summed E-state index contributed by atoms with van der Waals surface area (Å²) in [5.41, 5.74) is 0.0145. The molecule has 0 aliphatic heterocycles. The molecular formula is C11H13NO. The smallest absolute Gasteiger partial charge is 0.155 e. The lowest BCUT2D eigenvalue weighted by molar-refractivity contribution is -0.117. The third kappa shape index (κ3) is 1.29. The Balaban J connectivity index is 2.25. The summed E-state index contributed by atoms with van der Waals surface area (Å²) in [5.74, 6) is 0.315. The molecule has 0 aromatic carbocycles. The lowest BCUT2D eigenvalue weighted by atomic mass is 9.70. The van der Waals surface area contributed by atoms with E-state index >= 15 is 0 Å². The molecule has 0 N–H and O–H groups in total. The summed E-state index contributed by atoms with van der Waals surface area (Å²) in [6, 6.07) is 2.36. The van der Waals surface area contributed by atoms with Crippen LogP contribution in [0.15, 0.2) is 12.2 Å². The lowest BCUT2D eigenvalue weighted by Gasteiger charge is -2.32. The highest BCUT2D eigenvalue weighted by atomic mass is 16.1. The van der Waals surface area contributed by atoms with Crippen LogP contribution in [-0.2, 0) is 4.79 Å². The summed E-state index contributed by atoms with van der Waals surface area (Å²) >= 11 is 0. The molecule has 0 aromatic rings. The van der Waals surface area contributed by atoms with Crippen molar-refractivity contribution >= 4 is 5.78 Å². The molecule has 0 heterocycles. The molecule has 0 saturated heterocycles. The normalized spacial score (nSPS) is 38.1. The van der Waals surface area contributed by atoms with Gasteiger partial charge in [0, 0.05) is 6.42 Å². The summed E-state index contributed by atoms with van der Waals surface area (Å²) < 4.78 is 0. The molecule has 2 nitrogen and oxygen atoms in total. The molecule has 0 radical (unpaired) electrons. The fourth-order valence-electron chi connectivity index (χ4n) is 2.70. The van der Waals surface area contributed by atoms with E-state index in [-0.39, 0.29) is 17.1 Å². The van der Waals surface area contributed by atoms with Gasteiger partial charge in [0.05, 0.1) is 12.0 Å². The second kappa shape index (κ2) is 2.99. The Hall–Kier alpha value is -1.10. The van der Waals surface area contributed by atoms with E-state index in [0.29, 0.717) is 6.42 Å². The number of carbonyl (C=O) groups excluding carboxylic acids is 1. The summed E-state index contributed by atoms with van der Waals surface area (Å²) in [7, 11) is 0. The number of allylic oxidation sites excluding steroid dienone is 2. The molecule has 0 amide bonds. The zero-order valence-electron chi connectivity index (χ0n) is 7.62. The lowest BCUT2D eigenvalue weighted by Crippen LogP contribution is -2.29. The quantitative estimate of drug-likeness (QED) is 0.566. The van der Waals surface area contributed by atoms with Gasteiger partial charge in [0.1, 0.15) is 0 Å². The van der Waals surface area contributed by atoms with Gasteiger partial charge < -0.3 is 0 Å². The highest BCUT2D eigenvalue weighted by Gasteiger charge is 2.44. The molecule has 1 saturated carbocycles. The van der Waals surface area contributed by atoms with Crippen LogP contribution in [0.1, 0.15) is 32.1 Å². The minimum atomic E-state index is 0.0145. The summed E-state index contributed by atoms with van der Waals surface area (Å²) in [5, 5.41) is 8.98. The van der Waals surface area contributed by atoms with E-state index in [1.165, 1.54) is 0 Å². The molecular weight excluding hydrogens is 162 g/mol. The predicted octanol–water partition coefficient (Wildman–Crippen LogP) is 2.22. The third-order valence-corrected chi connectivity index (χ3v) is 3.42. The van der Waals surface area contributed by atoms with Gasteiger partial charge in [0.15, 0.2) is 5.78 Å². The topological polar surface area (TPSA) is 40.9 Å². The maximum absolute atomic E-state index is 11.3. The van der Waals surface area contributed by atoms with Crippen molar-refractivity contribution in [2.75, 3.05) is 0 Å². The second-order valence-electron chi connectivity index (χ2n) is 4.19.